The Morgan fingerprint density at radius 3 is 1.90 bits per heavy atom. The van der Waals surface area contributed by atoms with E-state index < -0.39 is 115 Å². The summed E-state index contributed by atoms with van der Waals surface area (Å²) in [6.45, 7) is 4.15. The van der Waals surface area contributed by atoms with Gasteiger partial charge in [-0.25, -0.2) is 0 Å². The molecule has 0 radical (unpaired) electrons. The average Bonchev–Trinajstić information content (AvgIpc) is 3.90. The number of aromatic amines is 1. The molecular weight excluding hydrogens is 877 g/mol. The van der Waals surface area contributed by atoms with E-state index >= 15 is 0 Å². The predicted molar refractivity (Wildman–Crippen MR) is 239 cm³/mol. The van der Waals surface area contributed by atoms with E-state index in [1.54, 1.807) is 26.1 Å². The van der Waals surface area contributed by atoms with E-state index in [0.29, 0.717) is 11.1 Å². The van der Waals surface area contributed by atoms with Crippen LogP contribution in [0.2, 0.25) is 0 Å². The second-order valence-corrected chi connectivity index (χ2v) is 16.8. The molecular formula is C44H60N10O13. The second-order valence-electron chi connectivity index (χ2n) is 16.8. The number of H-pyrrole nitrogens is 1. The smallest absolute Gasteiger partial charge is 0.245 e. The van der Waals surface area contributed by atoms with E-state index in [2.05, 4.69) is 47.5 Å². The highest BCUT2D eigenvalue weighted by Crippen LogP contribution is 2.19. The van der Waals surface area contributed by atoms with Crippen LogP contribution in [0.3, 0.4) is 0 Å². The van der Waals surface area contributed by atoms with Gasteiger partial charge in [-0.1, -0.05) is 44.2 Å². The Morgan fingerprint density at radius 2 is 1.31 bits per heavy atom. The average molecular weight is 937 g/mol. The number of aromatic hydroxyl groups is 1. The lowest BCUT2D eigenvalue weighted by Gasteiger charge is -2.28. The van der Waals surface area contributed by atoms with E-state index in [9.17, 15) is 63.6 Å². The maximum Gasteiger partial charge on any atom is 0.245 e. The molecule has 0 spiro atoms. The molecule has 1 aliphatic heterocycles. The first kappa shape index (κ1) is 52.5. The van der Waals surface area contributed by atoms with Gasteiger partial charge in [0, 0.05) is 36.4 Å². The highest BCUT2D eigenvalue weighted by Gasteiger charge is 2.36. The number of carbonyl (C=O) groups is 9. The number of carbonyl (C=O) groups excluding carboxylic acids is 9. The molecule has 0 bridgehead atoms. The lowest BCUT2D eigenvalue weighted by atomic mass is 10.0. The number of aliphatic hydroxyl groups is 3. The minimum Gasteiger partial charge on any atom is -0.508 e. The number of rotatable bonds is 24. The molecule has 67 heavy (non-hydrogen) atoms. The van der Waals surface area contributed by atoms with Crippen LogP contribution in [0.1, 0.15) is 58.1 Å². The van der Waals surface area contributed by atoms with Crippen molar-refractivity contribution in [1.29, 1.82) is 0 Å². The van der Waals surface area contributed by atoms with Crippen molar-refractivity contribution in [2.75, 3.05) is 13.2 Å². The van der Waals surface area contributed by atoms with Gasteiger partial charge in [0.1, 0.15) is 48.0 Å². The zero-order chi connectivity index (χ0) is 49.5. The first-order valence-corrected chi connectivity index (χ1v) is 21.6. The van der Waals surface area contributed by atoms with Crippen LogP contribution in [0, 0.1) is 5.92 Å². The monoisotopic (exact) mass is 936 g/mol. The number of hydrogen-bond donors (Lipinski definition) is 14. The number of aliphatic hydroxyl groups excluding tert-OH is 3. The number of amides is 9. The Labute approximate surface area is 385 Å². The maximum absolute atomic E-state index is 13.9. The Balaban J connectivity index is 1.42. The molecule has 1 fully saturated rings. The quantitative estimate of drug-likeness (QED) is 0.0411. The zero-order valence-electron chi connectivity index (χ0n) is 37.5. The molecule has 4 rings (SSSR count). The fraction of sp³-hybridized carbons (Fsp3) is 0.477. The summed E-state index contributed by atoms with van der Waals surface area (Å²) in [5, 5.41) is 61.1. The van der Waals surface area contributed by atoms with Crippen LogP contribution in [0.4, 0.5) is 0 Å². The van der Waals surface area contributed by atoms with Crippen molar-refractivity contribution in [1.82, 2.24) is 47.5 Å². The van der Waals surface area contributed by atoms with Crippen molar-refractivity contribution in [2.45, 2.75) is 114 Å². The van der Waals surface area contributed by atoms with Gasteiger partial charge in [-0.15, -0.1) is 0 Å². The van der Waals surface area contributed by atoms with E-state index in [-0.39, 0.29) is 49.7 Å². The molecule has 1 aromatic heterocycles. The van der Waals surface area contributed by atoms with E-state index in [1.807, 2.05) is 18.2 Å². The van der Waals surface area contributed by atoms with Crippen molar-refractivity contribution >= 4 is 64.1 Å². The zero-order valence-corrected chi connectivity index (χ0v) is 37.5. The van der Waals surface area contributed by atoms with E-state index in [4.69, 9.17) is 5.73 Å². The van der Waals surface area contributed by atoms with Crippen molar-refractivity contribution < 1.29 is 63.6 Å². The van der Waals surface area contributed by atoms with Crippen LogP contribution in [-0.4, -0.2) is 146 Å². The summed E-state index contributed by atoms with van der Waals surface area (Å²) >= 11 is 0. The minimum absolute atomic E-state index is 0.0285. The molecule has 2 heterocycles. The summed E-state index contributed by atoms with van der Waals surface area (Å²) in [5.74, 6) is -8.08. The van der Waals surface area contributed by atoms with Gasteiger partial charge in [-0.05, 0) is 61.9 Å². The largest absolute Gasteiger partial charge is 0.508 e. The summed E-state index contributed by atoms with van der Waals surface area (Å²) in [4.78, 5) is 121. The third kappa shape index (κ3) is 15.5. The molecule has 15 N–H and O–H groups in total. The predicted octanol–water partition coefficient (Wildman–Crippen LogP) is -3.75. The number of nitrogens with two attached hydrogens (primary N) is 1. The summed E-state index contributed by atoms with van der Waals surface area (Å²) in [6.07, 6.45) is -1.29. The summed E-state index contributed by atoms with van der Waals surface area (Å²) < 4.78 is 0. The molecule has 3 aromatic rings. The lowest BCUT2D eigenvalue weighted by Crippen LogP contribution is -2.62. The Kier molecular flexibility index (Phi) is 19.1. The van der Waals surface area contributed by atoms with Crippen LogP contribution in [0.5, 0.6) is 5.75 Å². The molecule has 0 unspecified atom stereocenters. The lowest BCUT2D eigenvalue weighted by molar-refractivity contribution is -0.137. The maximum atomic E-state index is 13.9. The third-order valence-electron chi connectivity index (χ3n) is 10.8. The third-order valence-corrected chi connectivity index (χ3v) is 10.8. The fourth-order valence-corrected chi connectivity index (χ4v) is 7.17. The summed E-state index contributed by atoms with van der Waals surface area (Å²) in [5.41, 5.74) is 7.42. The van der Waals surface area contributed by atoms with Crippen LogP contribution < -0.4 is 48.3 Å². The van der Waals surface area contributed by atoms with Crippen LogP contribution >= 0.6 is 0 Å². The topological polar surface area (TPSA) is 373 Å². The highest BCUT2D eigenvalue weighted by atomic mass is 16.3. The van der Waals surface area contributed by atoms with Crippen molar-refractivity contribution in [3.63, 3.8) is 0 Å². The van der Waals surface area contributed by atoms with E-state index in [1.165, 1.54) is 31.2 Å². The number of phenolic OH excluding ortho intramolecular Hbond substituents is 1. The van der Waals surface area contributed by atoms with Gasteiger partial charge in [-0.3, -0.25) is 43.2 Å². The summed E-state index contributed by atoms with van der Waals surface area (Å²) in [7, 11) is 0. The molecule has 9 atom stereocenters. The van der Waals surface area contributed by atoms with Crippen LogP contribution in [-0.2, 0) is 56.0 Å². The fourth-order valence-electron chi connectivity index (χ4n) is 7.17. The normalized spacial score (nSPS) is 17.0. The molecule has 0 aliphatic carbocycles. The van der Waals surface area contributed by atoms with Gasteiger partial charge < -0.3 is 73.7 Å². The number of nitrogens with one attached hydrogen (secondary N) is 9. The molecule has 1 saturated heterocycles. The molecule has 9 amide bonds. The first-order chi connectivity index (χ1) is 31.7. The number of fused-ring (bicyclic) bond motifs is 1. The van der Waals surface area contributed by atoms with Gasteiger partial charge in [-0.2, -0.15) is 0 Å². The van der Waals surface area contributed by atoms with Crippen LogP contribution in [0.25, 0.3) is 10.9 Å². The number of aromatic nitrogens is 1. The standard InChI is InChI=1S/C44H60N10O13/c1-21(2)15-31(50-39(62)29-13-14-34(59)48-29)41(64)54-37(23(4)57)44(67)51-32(16-24-9-11-26(58)12-10-24)40(63)52-33(20-55)42(65)53-36(22(3)56)43(66)47-19-35(60)49-30(38(45)61)17-25-18-46-28-8-6-5-7-27(25)28/h5-12,18,21-23,29-33,36-37,46,55-58H,13-17,19-20H2,1-4H3,(H2,45,61)(H,47,66)(H,48,59)(H,49,60)(H,50,62)(H,51,67)(H,52,63)(H,53,65)(H,54,64)/t22-,23-,29+,30+,31+,32+,33+,36+,37+/m1/s1. The molecule has 2 aromatic carbocycles. The van der Waals surface area contributed by atoms with Gasteiger partial charge >= 0.3 is 0 Å². The summed E-state index contributed by atoms with van der Waals surface area (Å²) in [6, 6.07) is 2.69. The molecule has 1 aliphatic rings. The number of benzene rings is 2. The molecule has 0 saturated carbocycles. The second kappa shape index (κ2) is 24.4. The number of para-hydroxylation sites is 1. The van der Waals surface area contributed by atoms with Gasteiger partial charge in [0.05, 0.1) is 25.4 Å². The Bertz CT molecular complexity index is 2260. The van der Waals surface area contributed by atoms with Gasteiger partial charge in [0.2, 0.25) is 53.2 Å². The first-order valence-electron chi connectivity index (χ1n) is 21.6. The Hall–Kier alpha value is -7.11. The molecule has 23 nitrogen and oxygen atoms in total. The van der Waals surface area contributed by atoms with Crippen molar-refractivity contribution in [3.8, 4) is 5.75 Å². The molecule has 23 heteroatoms. The van der Waals surface area contributed by atoms with Gasteiger partial charge in [0.25, 0.3) is 0 Å². The van der Waals surface area contributed by atoms with Crippen molar-refractivity contribution in [2.24, 2.45) is 11.7 Å². The molecule has 364 valence electrons. The van der Waals surface area contributed by atoms with Crippen LogP contribution in [0.15, 0.2) is 54.7 Å². The number of primary amides is 1. The van der Waals surface area contributed by atoms with Gasteiger partial charge in [0.15, 0.2) is 0 Å². The Morgan fingerprint density at radius 1 is 0.716 bits per heavy atom. The SMILES string of the molecule is CC(C)C[C@H](NC(=O)[C@@H]1CCC(=O)N1)C(=O)N[C@H](C(=O)N[C@@H](Cc1ccc(O)cc1)C(=O)N[C@@H](CO)C(=O)N[C@H](C(=O)NCC(=O)N[C@@H](Cc1c[nH]c2ccccc12)C(N)=O)[C@@H](C)O)[C@@H](C)O. The highest BCUT2D eigenvalue weighted by molar-refractivity contribution is 5.98. The van der Waals surface area contributed by atoms with Crippen molar-refractivity contribution in [3.05, 3.63) is 65.9 Å². The minimum atomic E-state index is -1.80. The number of hydrogen-bond acceptors (Lipinski definition) is 13. The van der Waals surface area contributed by atoms with E-state index in [0.717, 1.165) is 17.8 Å². The number of phenols is 1.